The molecule has 3 nitrogen and oxygen atoms in total. The second kappa shape index (κ2) is 8.37. The van der Waals surface area contributed by atoms with Crippen LogP contribution >= 0.6 is 0 Å². The predicted octanol–water partition coefficient (Wildman–Crippen LogP) is 5.18. The van der Waals surface area contributed by atoms with Crippen LogP contribution in [0.15, 0.2) is 24.3 Å². The van der Waals surface area contributed by atoms with Crippen molar-refractivity contribution >= 4 is 5.97 Å². The Morgan fingerprint density at radius 3 is 2.35 bits per heavy atom. The SMILES string of the molecule is CCCCOc1ccc(C2(C(=O)O)CCC(CCC)CC2)cc1. The molecule has 0 aliphatic heterocycles. The molecule has 2 rings (SSSR count). The molecule has 0 radical (unpaired) electrons. The number of benzene rings is 1. The van der Waals surface area contributed by atoms with E-state index in [-0.39, 0.29) is 0 Å². The molecule has 1 saturated carbocycles. The van der Waals surface area contributed by atoms with E-state index in [1.165, 1.54) is 12.8 Å². The summed E-state index contributed by atoms with van der Waals surface area (Å²) in [6.07, 6.45) is 8.11. The number of carbonyl (C=O) groups is 1. The Labute approximate surface area is 140 Å². The summed E-state index contributed by atoms with van der Waals surface area (Å²) < 4.78 is 5.68. The number of hydrogen-bond acceptors (Lipinski definition) is 2. The van der Waals surface area contributed by atoms with Crippen LogP contribution in [0.4, 0.5) is 0 Å². The molecular formula is C20H30O3. The lowest BCUT2D eigenvalue weighted by molar-refractivity contribution is -0.145. The van der Waals surface area contributed by atoms with Gasteiger partial charge in [-0.05, 0) is 55.7 Å². The first-order valence-electron chi connectivity index (χ1n) is 9.09. The molecule has 0 saturated heterocycles. The van der Waals surface area contributed by atoms with Crippen LogP contribution in [0, 0.1) is 5.92 Å². The lowest BCUT2D eigenvalue weighted by Crippen LogP contribution is -2.39. The molecule has 1 fully saturated rings. The Balaban J connectivity index is 2.08. The molecule has 1 aliphatic carbocycles. The van der Waals surface area contributed by atoms with E-state index in [1.54, 1.807) is 0 Å². The lowest BCUT2D eigenvalue weighted by Gasteiger charge is -2.37. The van der Waals surface area contributed by atoms with Gasteiger partial charge < -0.3 is 9.84 Å². The number of carboxylic acid groups (broad SMARTS) is 1. The highest BCUT2D eigenvalue weighted by Crippen LogP contribution is 2.43. The third-order valence-electron chi connectivity index (χ3n) is 5.24. The zero-order valence-corrected chi connectivity index (χ0v) is 14.5. The van der Waals surface area contributed by atoms with E-state index in [0.717, 1.165) is 56.4 Å². The Morgan fingerprint density at radius 1 is 1.17 bits per heavy atom. The topological polar surface area (TPSA) is 46.5 Å². The summed E-state index contributed by atoms with van der Waals surface area (Å²) in [5.74, 6) is 0.860. The van der Waals surface area contributed by atoms with E-state index in [0.29, 0.717) is 5.92 Å². The van der Waals surface area contributed by atoms with Crippen LogP contribution in [0.3, 0.4) is 0 Å². The monoisotopic (exact) mass is 318 g/mol. The second-order valence-corrected chi connectivity index (χ2v) is 6.85. The van der Waals surface area contributed by atoms with Crippen LogP contribution in [0.1, 0.15) is 70.8 Å². The first kappa shape index (κ1) is 17.8. The van der Waals surface area contributed by atoms with Gasteiger partial charge in [-0.2, -0.15) is 0 Å². The van der Waals surface area contributed by atoms with E-state index < -0.39 is 11.4 Å². The minimum absolute atomic E-state index is 0.674. The third-order valence-corrected chi connectivity index (χ3v) is 5.24. The van der Waals surface area contributed by atoms with Crippen molar-refractivity contribution in [2.45, 2.75) is 70.6 Å². The molecule has 0 amide bonds. The Kier molecular flexibility index (Phi) is 6.49. The molecule has 0 aromatic heterocycles. The van der Waals surface area contributed by atoms with Gasteiger partial charge in [0.2, 0.25) is 0 Å². The molecule has 3 heteroatoms. The van der Waals surface area contributed by atoms with Gasteiger partial charge in [-0.15, -0.1) is 0 Å². The normalized spacial score (nSPS) is 24.3. The fourth-order valence-corrected chi connectivity index (χ4v) is 3.70. The average Bonchev–Trinajstić information content (AvgIpc) is 2.57. The summed E-state index contributed by atoms with van der Waals surface area (Å²) in [5, 5.41) is 9.87. The van der Waals surface area contributed by atoms with Crippen molar-refractivity contribution in [3.8, 4) is 5.75 Å². The van der Waals surface area contributed by atoms with Crippen molar-refractivity contribution < 1.29 is 14.6 Å². The standard InChI is InChI=1S/C20H30O3/c1-3-5-15-23-18-9-7-17(8-10-18)20(19(21)22)13-11-16(6-4-2)12-14-20/h7-10,16H,3-6,11-15H2,1-2H3,(H,21,22). The highest BCUT2D eigenvalue weighted by molar-refractivity contribution is 5.81. The van der Waals surface area contributed by atoms with Crippen molar-refractivity contribution in [2.75, 3.05) is 6.61 Å². The largest absolute Gasteiger partial charge is 0.494 e. The van der Waals surface area contributed by atoms with Gasteiger partial charge in [0.1, 0.15) is 5.75 Å². The fraction of sp³-hybridized carbons (Fsp3) is 0.650. The molecule has 0 heterocycles. The van der Waals surface area contributed by atoms with Crippen molar-refractivity contribution in [3.63, 3.8) is 0 Å². The molecule has 1 aromatic carbocycles. The molecule has 23 heavy (non-hydrogen) atoms. The first-order chi connectivity index (χ1) is 11.1. The summed E-state index contributed by atoms with van der Waals surface area (Å²) in [5.41, 5.74) is 0.231. The van der Waals surface area contributed by atoms with Crippen LogP contribution < -0.4 is 4.74 Å². The third kappa shape index (κ3) is 4.27. The summed E-state index contributed by atoms with van der Waals surface area (Å²) >= 11 is 0. The van der Waals surface area contributed by atoms with Gasteiger partial charge in [-0.25, -0.2) is 0 Å². The maximum absolute atomic E-state index is 12.0. The number of rotatable bonds is 8. The Hall–Kier alpha value is -1.51. The highest BCUT2D eigenvalue weighted by atomic mass is 16.5. The van der Waals surface area contributed by atoms with Gasteiger partial charge >= 0.3 is 5.97 Å². The molecule has 1 aliphatic rings. The zero-order chi connectivity index (χ0) is 16.7. The van der Waals surface area contributed by atoms with E-state index in [9.17, 15) is 9.90 Å². The van der Waals surface area contributed by atoms with Gasteiger partial charge in [0.15, 0.2) is 0 Å². The quantitative estimate of drug-likeness (QED) is 0.672. The zero-order valence-electron chi connectivity index (χ0n) is 14.5. The van der Waals surface area contributed by atoms with Crippen LogP contribution in [0.25, 0.3) is 0 Å². The molecule has 0 bridgehead atoms. The van der Waals surface area contributed by atoms with E-state index in [1.807, 2.05) is 24.3 Å². The Morgan fingerprint density at radius 2 is 1.83 bits per heavy atom. The summed E-state index contributed by atoms with van der Waals surface area (Å²) in [6, 6.07) is 7.76. The minimum Gasteiger partial charge on any atom is -0.494 e. The van der Waals surface area contributed by atoms with E-state index >= 15 is 0 Å². The average molecular weight is 318 g/mol. The van der Waals surface area contributed by atoms with Crippen LogP contribution in [-0.2, 0) is 10.2 Å². The summed E-state index contributed by atoms with van der Waals surface area (Å²) in [7, 11) is 0. The van der Waals surface area contributed by atoms with Gasteiger partial charge in [0.25, 0.3) is 0 Å². The van der Waals surface area contributed by atoms with Crippen molar-refractivity contribution in [1.29, 1.82) is 0 Å². The highest BCUT2D eigenvalue weighted by Gasteiger charge is 2.43. The minimum atomic E-state index is -0.702. The molecule has 1 aromatic rings. The number of carboxylic acids is 1. The van der Waals surface area contributed by atoms with Gasteiger partial charge in [0, 0.05) is 0 Å². The molecule has 1 N–H and O–H groups in total. The van der Waals surface area contributed by atoms with Crippen molar-refractivity contribution in [3.05, 3.63) is 29.8 Å². The maximum Gasteiger partial charge on any atom is 0.314 e. The van der Waals surface area contributed by atoms with Crippen molar-refractivity contribution in [2.24, 2.45) is 5.92 Å². The first-order valence-corrected chi connectivity index (χ1v) is 9.09. The predicted molar refractivity (Wildman–Crippen MR) is 93.0 cm³/mol. The molecule has 0 spiro atoms. The van der Waals surface area contributed by atoms with E-state index in [2.05, 4.69) is 13.8 Å². The number of ether oxygens (including phenoxy) is 1. The number of unbranched alkanes of at least 4 members (excludes halogenated alkanes) is 1. The maximum atomic E-state index is 12.0. The second-order valence-electron chi connectivity index (χ2n) is 6.85. The molecule has 0 atom stereocenters. The summed E-state index contributed by atoms with van der Waals surface area (Å²) in [4.78, 5) is 12.0. The number of hydrogen-bond donors (Lipinski definition) is 1. The number of aliphatic carboxylic acids is 1. The molecular weight excluding hydrogens is 288 g/mol. The smallest absolute Gasteiger partial charge is 0.314 e. The Bertz CT molecular complexity index is 484. The fourth-order valence-electron chi connectivity index (χ4n) is 3.70. The van der Waals surface area contributed by atoms with Crippen LogP contribution in [-0.4, -0.2) is 17.7 Å². The summed E-state index contributed by atoms with van der Waals surface area (Å²) in [6.45, 7) is 5.06. The van der Waals surface area contributed by atoms with Gasteiger partial charge in [-0.1, -0.05) is 45.2 Å². The van der Waals surface area contributed by atoms with Crippen LogP contribution in [0.5, 0.6) is 5.75 Å². The van der Waals surface area contributed by atoms with Crippen LogP contribution in [0.2, 0.25) is 0 Å². The van der Waals surface area contributed by atoms with Gasteiger partial charge in [-0.3, -0.25) is 4.79 Å². The van der Waals surface area contributed by atoms with E-state index in [4.69, 9.17) is 4.74 Å². The van der Waals surface area contributed by atoms with Crippen molar-refractivity contribution in [1.82, 2.24) is 0 Å². The lowest BCUT2D eigenvalue weighted by atomic mass is 9.66. The molecule has 0 unspecified atom stereocenters. The van der Waals surface area contributed by atoms with Gasteiger partial charge in [0.05, 0.1) is 12.0 Å². The molecule has 128 valence electrons.